The zero-order chi connectivity index (χ0) is 17.5. The third-order valence-corrected chi connectivity index (χ3v) is 4.30. The van der Waals surface area contributed by atoms with Crippen molar-refractivity contribution >= 4 is 11.9 Å². The summed E-state index contributed by atoms with van der Waals surface area (Å²) in [6.07, 6.45) is 3.87. The van der Waals surface area contributed by atoms with E-state index < -0.39 is 5.82 Å². The molecule has 2 aromatic rings. The van der Waals surface area contributed by atoms with Gasteiger partial charge in [0, 0.05) is 19.6 Å². The maximum Gasteiger partial charge on any atom is 0.410 e. The first-order valence-electron chi connectivity index (χ1n) is 8.37. The third-order valence-electron chi connectivity index (χ3n) is 4.30. The Balaban J connectivity index is 1.39. The molecule has 0 radical (unpaired) electrons. The summed E-state index contributed by atoms with van der Waals surface area (Å²) in [5.74, 6) is 0.136. The Labute approximate surface area is 146 Å². The molecule has 1 fully saturated rings. The molecule has 0 saturated carbocycles. The van der Waals surface area contributed by atoms with Crippen LogP contribution in [0.2, 0.25) is 0 Å². The van der Waals surface area contributed by atoms with E-state index in [4.69, 9.17) is 4.74 Å². The van der Waals surface area contributed by atoms with E-state index in [0.29, 0.717) is 25.6 Å². The van der Waals surface area contributed by atoms with Crippen LogP contribution in [0.1, 0.15) is 18.4 Å². The fraction of sp³-hybridized carbons (Fsp3) is 0.389. The van der Waals surface area contributed by atoms with Crippen LogP contribution in [0.5, 0.6) is 0 Å². The van der Waals surface area contributed by atoms with Gasteiger partial charge < -0.3 is 15.0 Å². The summed E-state index contributed by atoms with van der Waals surface area (Å²) in [4.78, 5) is 21.4. The lowest BCUT2D eigenvalue weighted by Gasteiger charge is -2.31. The van der Waals surface area contributed by atoms with Crippen molar-refractivity contribution in [2.45, 2.75) is 19.4 Å². The number of nitrogens with one attached hydrogen (secondary N) is 1. The monoisotopic (exact) mass is 344 g/mol. The van der Waals surface area contributed by atoms with Gasteiger partial charge in [-0.25, -0.2) is 19.2 Å². The van der Waals surface area contributed by atoms with Gasteiger partial charge in [0.15, 0.2) is 11.6 Å². The lowest BCUT2D eigenvalue weighted by Crippen LogP contribution is -2.40. The Morgan fingerprint density at radius 2 is 2.04 bits per heavy atom. The van der Waals surface area contributed by atoms with Crippen LogP contribution in [-0.2, 0) is 11.3 Å². The van der Waals surface area contributed by atoms with Gasteiger partial charge >= 0.3 is 6.09 Å². The number of hydrogen-bond acceptors (Lipinski definition) is 5. The van der Waals surface area contributed by atoms with Gasteiger partial charge in [0.25, 0.3) is 0 Å². The van der Waals surface area contributed by atoms with Gasteiger partial charge in [-0.1, -0.05) is 30.3 Å². The summed E-state index contributed by atoms with van der Waals surface area (Å²) in [7, 11) is 0. The van der Waals surface area contributed by atoms with Crippen LogP contribution in [0.3, 0.4) is 0 Å². The summed E-state index contributed by atoms with van der Waals surface area (Å²) in [6.45, 7) is 2.20. The number of piperidine rings is 1. The standard InChI is InChI=1S/C18H21FN4O2/c19-16-11-20-13-22-17(16)21-10-14-6-8-23(9-7-14)18(24)25-12-15-4-2-1-3-5-15/h1-5,11,13-14H,6-10,12H2,(H,20,21,22). The van der Waals surface area contributed by atoms with Crippen molar-refractivity contribution in [1.29, 1.82) is 0 Å². The van der Waals surface area contributed by atoms with Crippen LogP contribution in [0.15, 0.2) is 42.9 Å². The summed E-state index contributed by atoms with van der Waals surface area (Å²) in [5.41, 5.74) is 0.974. The molecule has 1 aliphatic heterocycles. The Morgan fingerprint density at radius 3 is 2.76 bits per heavy atom. The summed E-state index contributed by atoms with van der Waals surface area (Å²) in [6, 6.07) is 9.62. The van der Waals surface area contributed by atoms with Crippen molar-refractivity contribution in [3.05, 3.63) is 54.2 Å². The Morgan fingerprint density at radius 1 is 1.28 bits per heavy atom. The average molecular weight is 344 g/mol. The summed E-state index contributed by atoms with van der Waals surface area (Å²) >= 11 is 0. The first-order chi connectivity index (χ1) is 12.2. The smallest absolute Gasteiger partial charge is 0.410 e. The lowest BCUT2D eigenvalue weighted by atomic mass is 9.97. The van der Waals surface area contributed by atoms with Gasteiger partial charge in [-0.15, -0.1) is 0 Å². The molecule has 3 rings (SSSR count). The number of anilines is 1. The minimum atomic E-state index is -0.454. The molecule has 0 bridgehead atoms. The minimum absolute atomic E-state index is 0.222. The predicted octanol–water partition coefficient (Wildman–Crippen LogP) is 3.08. The van der Waals surface area contributed by atoms with Crippen molar-refractivity contribution in [3.8, 4) is 0 Å². The Bertz CT molecular complexity index is 690. The van der Waals surface area contributed by atoms with Crippen LogP contribution in [0.25, 0.3) is 0 Å². The van der Waals surface area contributed by atoms with Crippen LogP contribution in [-0.4, -0.2) is 40.6 Å². The van der Waals surface area contributed by atoms with E-state index in [9.17, 15) is 9.18 Å². The number of ether oxygens (including phenoxy) is 1. The fourth-order valence-corrected chi connectivity index (χ4v) is 2.81. The molecule has 0 unspecified atom stereocenters. The second-order valence-electron chi connectivity index (χ2n) is 6.07. The SMILES string of the molecule is O=C(OCc1ccccc1)N1CCC(CNc2ncncc2F)CC1. The van der Waals surface area contributed by atoms with Gasteiger partial charge in [-0.2, -0.15) is 0 Å². The molecule has 1 saturated heterocycles. The van der Waals surface area contributed by atoms with Crippen LogP contribution >= 0.6 is 0 Å². The lowest BCUT2D eigenvalue weighted by molar-refractivity contribution is 0.0832. The van der Waals surface area contributed by atoms with Crippen molar-refractivity contribution < 1.29 is 13.9 Å². The van der Waals surface area contributed by atoms with E-state index >= 15 is 0 Å². The summed E-state index contributed by atoms with van der Waals surface area (Å²) in [5, 5.41) is 3.01. The first kappa shape index (κ1) is 17.1. The van der Waals surface area contributed by atoms with E-state index in [1.165, 1.54) is 6.33 Å². The number of benzene rings is 1. The van der Waals surface area contributed by atoms with Crippen molar-refractivity contribution in [2.24, 2.45) is 5.92 Å². The van der Waals surface area contributed by atoms with E-state index in [1.807, 2.05) is 30.3 Å². The second-order valence-corrected chi connectivity index (χ2v) is 6.07. The van der Waals surface area contributed by atoms with E-state index in [1.54, 1.807) is 4.90 Å². The number of halogens is 1. The zero-order valence-corrected chi connectivity index (χ0v) is 13.9. The highest BCUT2D eigenvalue weighted by molar-refractivity contribution is 5.67. The van der Waals surface area contributed by atoms with Gasteiger partial charge in [0.2, 0.25) is 0 Å². The molecule has 132 valence electrons. The number of carbonyl (C=O) groups excluding carboxylic acids is 1. The molecule has 25 heavy (non-hydrogen) atoms. The number of rotatable bonds is 5. The molecule has 2 heterocycles. The van der Waals surface area contributed by atoms with Crippen LogP contribution in [0.4, 0.5) is 15.0 Å². The normalized spacial score (nSPS) is 15.0. The fourth-order valence-electron chi connectivity index (χ4n) is 2.81. The Kier molecular flexibility index (Phi) is 5.77. The molecule has 1 aromatic heterocycles. The number of aromatic nitrogens is 2. The van der Waals surface area contributed by atoms with E-state index in [0.717, 1.165) is 24.6 Å². The van der Waals surface area contributed by atoms with Crippen molar-refractivity contribution in [2.75, 3.05) is 25.0 Å². The number of hydrogen-bond donors (Lipinski definition) is 1. The molecule has 0 atom stereocenters. The molecule has 1 amide bonds. The molecule has 0 aliphatic carbocycles. The molecule has 1 aliphatic rings. The van der Waals surface area contributed by atoms with Crippen LogP contribution in [0, 0.1) is 11.7 Å². The van der Waals surface area contributed by atoms with Crippen molar-refractivity contribution in [3.63, 3.8) is 0 Å². The molecule has 1 N–H and O–H groups in total. The maximum absolute atomic E-state index is 13.5. The van der Waals surface area contributed by atoms with E-state index in [2.05, 4.69) is 15.3 Å². The van der Waals surface area contributed by atoms with E-state index in [-0.39, 0.29) is 18.5 Å². The zero-order valence-electron chi connectivity index (χ0n) is 13.9. The molecular weight excluding hydrogens is 323 g/mol. The Hall–Kier alpha value is -2.70. The van der Waals surface area contributed by atoms with Gasteiger partial charge in [0.1, 0.15) is 12.9 Å². The third kappa shape index (κ3) is 4.89. The number of nitrogens with zero attached hydrogens (tertiary/aromatic N) is 3. The highest BCUT2D eigenvalue weighted by Gasteiger charge is 2.24. The maximum atomic E-state index is 13.5. The summed E-state index contributed by atoms with van der Waals surface area (Å²) < 4.78 is 18.8. The quantitative estimate of drug-likeness (QED) is 0.903. The van der Waals surface area contributed by atoms with Gasteiger partial charge in [-0.05, 0) is 24.3 Å². The molecule has 6 nitrogen and oxygen atoms in total. The number of amides is 1. The topological polar surface area (TPSA) is 67.3 Å². The molecule has 1 aromatic carbocycles. The molecular formula is C18H21FN4O2. The second kappa shape index (κ2) is 8.41. The highest BCUT2D eigenvalue weighted by Crippen LogP contribution is 2.19. The molecule has 7 heteroatoms. The number of carbonyl (C=O) groups is 1. The predicted molar refractivity (Wildman–Crippen MR) is 91.4 cm³/mol. The average Bonchev–Trinajstić information content (AvgIpc) is 2.67. The minimum Gasteiger partial charge on any atom is -0.445 e. The van der Waals surface area contributed by atoms with Gasteiger partial charge in [0.05, 0.1) is 6.20 Å². The van der Waals surface area contributed by atoms with Gasteiger partial charge in [-0.3, -0.25) is 0 Å². The van der Waals surface area contributed by atoms with Crippen LogP contribution < -0.4 is 5.32 Å². The molecule has 0 spiro atoms. The largest absolute Gasteiger partial charge is 0.445 e. The first-order valence-corrected chi connectivity index (χ1v) is 8.37. The number of likely N-dealkylation sites (tertiary alicyclic amines) is 1. The van der Waals surface area contributed by atoms with Crippen molar-refractivity contribution in [1.82, 2.24) is 14.9 Å². The highest BCUT2D eigenvalue weighted by atomic mass is 19.1.